The lowest BCUT2D eigenvalue weighted by molar-refractivity contribution is -0.144. The van der Waals surface area contributed by atoms with E-state index in [-0.39, 0.29) is 5.78 Å². The predicted octanol–water partition coefficient (Wildman–Crippen LogP) is 4.86. The van der Waals surface area contributed by atoms with Crippen molar-refractivity contribution in [2.75, 3.05) is 10.6 Å². The number of thioether (sulfide) groups is 1. The number of carbonyl (C=O) groups excluding carboxylic acids is 3. The van der Waals surface area contributed by atoms with Gasteiger partial charge >= 0.3 is 0 Å². The number of carbonyl (C=O) groups is 3. The molecule has 154 valence electrons. The molecule has 1 atom stereocenters. The number of aryl methyl sites for hydroxylation is 2. The van der Waals surface area contributed by atoms with E-state index < -0.39 is 23.0 Å². The van der Waals surface area contributed by atoms with E-state index in [2.05, 4.69) is 10.6 Å². The van der Waals surface area contributed by atoms with Gasteiger partial charge in [0.2, 0.25) is 5.78 Å². The number of nitrogens with one attached hydrogen (secondary N) is 2. The number of para-hydroxylation sites is 1. The molecule has 1 unspecified atom stereocenters. The number of Topliss-reactive ketones (excluding diaryl/α,β-unsaturated/α-hetero) is 2. The van der Waals surface area contributed by atoms with Gasteiger partial charge in [-0.25, -0.2) is 0 Å². The third-order valence-electron chi connectivity index (χ3n) is 5.69. The Labute approximate surface area is 180 Å². The number of rotatable bonds is 3. The number of hydrogen-bond donors (Lipinski definition) is 2. The largest absolute Gasteiger partial charge is 0.357 e. The molecule has 2 aliphatic rings. The van der Waals surface area contributed by atoms with Crippen LogP contribution in [0.25, 0.3) is 0 Å². The second-order valence-corrected chi connectivity index (χ2v) is 9.68. The summed E-state index contributed by atoms with van der Waals surface area (Å²) in [6, 6.07) is 13.4. The molecule has 1 aliphatic heterocycles. The maximum Gasteiger partial charge on any atom is 0.292 e. The Hall–Kier alpha value is -2.86. The number of benzene rings is 2. The lowest BCUT2D eigenvalue weighted by Crippen LogP contribution is -2.47. The molecule has 5 nitrogen and oxygen atoms in total. The van der Waals surface area contributed by atoms with E-state index in [0.717, 1.165) is 27.4 Å². The van der Waals surface area contributed by atoms with Gasteiger partial charge < -0.3 is 10.6 Å². The molecule has 0 saturated heterocycles. The lowest BCUT2D eigenvalue weighted by atomic mass is 9.67. The van der Waals surface area contributed by atoms with E-state index >= 15 is 0 Å². The number of fused-ring (bicyclic) bond motifs is 1. The Balaban J connectivity index is 1.62. The van der Waals surface area contributed by atoms with Gasteiger partial charge in [0.15, 0.2) is 5.78 Å². The van der Waals surface area contributed by atoms with Crippen molar-refractivity contribution in [3.05, 3.63) is 64.2 Å². The summed E-state index contributed by atoms with van der Waals surface area (Å²) < 4.78 is 0. The molecule has 0 spiro atoms. The van der Waals surface area contributed by atoms with Crippen LogP contribution >= 0.6 is 11.8 Å². The number of hydrogen-bond acceptors (Lipinski definition) is 5. The topological polar surface area (TPSA) is 75.3 Å². The molecule has 0 fully saturated rings. The van der Waals surface area contributed by atoms with Gasteiger partial charge in [0, 0.05) is 16.3 Å². The molecule has 2 aromatic carbocycles. The molecule has 4 rings (SSSR count). The molecule has 2 N–H and O–H groups in total. The van der Waals surface area contributed by atoms with Crippen molar-refractivity contribution in [1.29, 1.82) is 0 Å². The highest BCUT2D eigenvalue weighted by molar-refractivity contribution is 8.04. The highest BCUT2D eigenvalue weighted by atomic mass is 32.2. The minimum Gasteiger partial charge on any atom is -0.357 e. The van der Waals surface area contributed by atoms with Crippen molar-refractivity contribution < 1.29 is 14.4 Å². The van der Waals surface area contributed by atoms with Crippen LogP contribution in [0.15, 0.2) is 58.0 Å². The zero-order valence-corrected chi connectivity index (χ0v) is 18.3. The fourth-order valence-corrected chi connectivity index (χ4v) is 5.14. The zero-order chi connectivity index (χ0) is 21.6. The van der Waals surface area contributed by atoms with Gasteiger partial charge in [0.05, 0.1) is 16.5 Å². The first kappa shape index (κ1) is 20.4. The minimum absolute atomic E-state index is 0.283. The Morgan fingerprint density at radius 1 is 1.13 bits per heavy atom. The van der Waals surface area contributed by atoms with Crippen molar-refractivity contribution in [1.82, 2.24) is 0 Å². The van der Waals surface area contributed by atoms with Gasteiger partial charge in [-0.3, -0.25) is 14.4 Å². The first-order valence-corrected chi connectivity index (χ1v) is 10.7. The molecule has 0 saturated carbocycles. The van der Waals surface area contributed by atoms with Crippen molar-refractivity contribution in [3.8, 4) is 0 Å². The standard InChI is InChI=1S/C24H24N2O3S/c1-13-9-10-14(2)16(11-13)26-23(29)21(28)19-20(27)22-17(12-24(19,3)4)25-15-7-5-6-8-18(15)30-22/h5-11,19,25H,12H2,1-4H3,(H,26,29). The molecular weight excluding hydrogens is 396 g/mol. The van der Waals surface area contributed by atoms with Crippen molar-refractivity contribution in [3.63, 3.8) is 0 Å². The van der Waals surface area contributed by atoms with Gasteiger partial charge in [-0.15, -0.1) is 0 Å². The van der Waals surface area contributed by atoms with Gasteiger partial charge in [-0.2, -0.15) is 0 Å². The molecule has 0 bridgehead atoms. The van der Waals surface area contributed by atoms with Crippen LogP contribution in [0.4, 0.5) is 11.4 Å². The van der Waals surface area contributed by atoms with E-state index in [1.165, 1.54) is 11.8 Å². The highest BCUT2D eigenvalue weighted by Crippen LogP contribution is 2.50. The number of amides is 1. The number of ketones is 2. The first-order valence-electron chi connectivity index (χ1n) is 9.91. The van der Waals surface area contributed by atoms with Gasteiger partial charge in [-0.1, -0.05) is 49.9 Å². The molecule has 1 heterocycles. The van der Waals surface area contributed by atoms with Gasteiger partial charge in [0.25, 0.3) is 5.91 Å². The van der Waals surface area contributed by atoms with E-state index in [1.807, 2.05) is 70.2 Å². The van der Waals surface area contributed by atoms with E-state index in [9.17, 15) is 14.4 Å². The number of anilines is 2. The first-order chi connectivity index (χ1) is 14.2. The van der Waals surface area contributed by atoms with Crippen LogP contribution in [-0.4, -0.2) is 17.5 Å². The summed E-state index contributed by atoms with van der Waals surface area (Å²) in [6.45, 7) is 7.53. The second kappa shape index (κ2) is 7.43. The van der Waals surface area contributed by atoms with Crippen molar-refractivity contribution >= 4 is 40.6 Å². The van der Waals surface area contributed by atoms with E-state index in [4.69, 9.17) is 0 Å². The zero-order valence-electron chi connectivity index (χ0n) is 17.5. The molecule has 1 amide bonds. The molecule has 1 aliphatic carbocycles. The third-order valence-corrected chi connectivity index (χ3v) is 6.91. The van der Waals surface area contributed by atoms with Gasteiger partial charge in [-0.05, 0) is 55.0 Å². The Bertz CT molecular complexity index is 1120. The normalized spacial score (nSPS) is 19.5. The SMILES string of the molecule is Cc1ccc(C)c(NC(=O)C(=O)C2C(=O)C3=C(CC2(C)C)Nc2ccccc2S3)c1. The summed E-state index contributed by atoms with van der Waals surface area (Å²) in [5, 5.41) is 6.07. The summed E-state index contributed by atoms with van der Waals surface area (Å²) in [6.07, 6.45) is 0.516. The Kier molecular flexibility index (Phi) is 5.06. The average molecular weight is 421 g/mol. The Morgan fingerprint density at radius 3 is 2.63 bits per heavy atom. The quantitative estimate of drug-likeness (QED) is 0.548. The van der Waals surface area contributed by atoms with Crippen LogP contribution in [0.5, 0.6) is 0 Å². The maximum absolute atomic E-state index is 13.4. The van der Waals surface area contributed by atoms with Crippen LogP contribution in [0.1, 0.15) is 31.4 Å². The molecule has 30 heavy (non-hydrogen) atoms. The molecular formula is C24H24N2O3S. The van der Waals surface area contributed by atoms with Crippen molar-refractivity contribution in [2.45, 2.75) is 39.0 Å². The third kappa shape index (κ3) is 3.56. The molecule has 6 heteroatoms. The summed E-state index contributed by atoms with van der Waals surface area (Å²) in [7, 11) is 0. The van der Waals surface area contributed by atoms with Gasteiger partial charge in [0.1, 0.15) is 0 Å². The second-order valence-electron chi connectivity index (χ2n) is 8.63. The molecule has 2 aromatic rings. The lowest BCUT2D eigenvalue weighted by Gasteiger charge is -2.40. The maximum atomic E-state index is 13.4. The molecule has 0 aromatic heterocycles. The van der Waals surface area contributed by atoms with Crippen LogP contribution < -0.4 is 10.6 Å². The monoisotopic (exact) mass is 420 g/mol. The van der Waals surface area contributed by atoms with Crippen LogP contribution in [0.2, 0.25) is 0 Å². The van der Waals surface area contributed by atoms with Crippen molar-refractivity contribution in [2.24, 2.45) is 11.3 Å². The smallest absolute Gasteiger partial charge is 0.292 e. The minimum atomic E-state index is -1.01. The molecule has 0 radical (unpaired) electrons. The fraction of sp³-hybridized carbons (Fsp3) is 0.292. The summed E-state index contributed by atoms with van der Waals surface area (Å²) in [5.74, 6) is -2.72. The fourth-order valence-electron chi connectivity index (χ4n) is 4.08. The summed E-state index contributed by atoms with van der Waals surface area (Å²) >= 11 is 1.37. The average Bonchev–Trinajstić information content (AvgIpc) is 2.69. The predicted molar refractivity (Wildman–Crippen MR) is 119 cm³/mol. The van der Waals surface area contributed by atoms with E-state index in [1.54, 1.807) is 0 Å². The highest BCUT2D eigenvalue weighted by Gasteiger charge is 2.49. The summed E-state index contributed by atoms with van der Waals surface area (Å²) in [4.78, 5) is 40.8. The van der Waals surface area contributed by atoms with Crippen LogP contribution in [0.3, 0.4) is 0 Å². The van der Waals surface area contributed by atoms with E-state index in [0.29, 0.717) is 17.0 Å². The summed E-state index contributed by atoms with van der Waals surface area (Å²) in [5.41, 5.74) is 3.55. The Morgan fingerprint density at radius 2 is 1.87 bits per heavy atom. The number of allylic oxidation sites excluding steroid dienone is 2. The van der Waals surface area contributed by atoms with Crippen LogP contribution in [-0.2, 0) is 14.4 Å². The van der Waals surface area contributed by atoms with Crippen LogP contribution in [0, 0.1) is 25.2 Å².